The van der Waals surface area contributed by atoms with Crippen LogP contribution in [0, 0.1) is 5.92 Å². The van der Waals surface area contributed by atoms with Crippen molar-refractivity contribution in [2.75, 3.05) is 13.6 Å². The van der Waals surface area contributed by atoms with Crippen molar-refractivity contribution in [3.63, 3.8) is 0 Å². The van der Waals surface area contributed by atoms with Gasteiger partial charge < -0.3 is 5.32 Å². The minimum Gasteiger partial charge on any atom is -0.316 e. The van der Waals surface area contributed by atoms with Gasteiger partial charge in [-0.1, -0.05) is 69.5 Å². The lowest BCUT2D eigenvalue weighted by Gasteiger charge is -2.09. The highest BCUT2D eigenvalue weighted by Crippen LogP contribution is 2.23. The Labute approximate surface area is 123 Å². The van der Waals surface area contributed by atoms with Crippen molar-refractivity contribution in [1.29, 1.82) is 0 Å². The first kappa shape index (κ1) is 16.2. The molecule has 0 aliphatic heterocycles. The summed E-state index contributed by atoms with van der Waals surface area (Å²) < 4.78 is 0. The number of likely N-dealkylation sites (N-methyl/N-ethyl adjacent to an activating group) is 1. The van der Waals surface area contributed by atoms with Crippen LogP contribution < -0.4 is 5.32 Å². The number of allylic oxidation sites excluding steroid dienone is 5. The maximum Gasteiger partial charge on any atom is 0.0140 e. The van der Waals surface area contributed by atoms with E-state index < -0.39 is 0 Å². The van der Waals surface area contributed by atoms with Gasteiger partial charge in [0.15, 0.2) is 0 Å². The van der Waals surface area contributed by atoms with Crippen LogP contribution in [0.15, 0.2) is 61.7 Å². The number of hydrogen-bond acceptors (Lipinski definition) is 1. The molecule has 0 atom stereocenters. The summed E-state index contributed by atoms with van der Waals surface area (Å²) in [6.45, 7) is 13.0. The summed E-state index contributed by atoms with van der Waals surface area (Å²) in [5.74, 6) is 0.505. The molecule has 106 valence electrons. The molecule has 1 aromatic rings. The zero-order chi connectivity index (χ0) is 15.0. The average Bonchev–Trinajstić information content (AvgIpc) is 2.45. The van der Waals surface area contributed by atoms with Crippen LogP contribution in [0.2, 0.25) is 0 Å². The van der Waals surface area contributed by atoms with Crippen molar-refractivity contribution in [3.05, 3.63) is 72.9 Å². The molecule has 1 aromatic carbocycles. The SMILES string of the molecule is C=C/C(=C\CNC)c1cccc(/C(C=C)=C/C(C)C)c1. The Bertz CT molecular complexity index is 518. The molecule has 0 spiro atoms. The van der Waals surface area contributed by atoms with Crippen LogP contribution in [-0.4, -0.2) is 13.6 Å². The Kier molecular flexibility index (Phi) is 6.75. The Morgan fingerprint density at radius 2 is 1.75 bits per heavy atom. The third-order valence-corrected chi connectivity index (χ3v) is 3.01. The van der Waals surface area contributed by atoms with Gasteiger partial charge in [-0.25, -0.2) is 0 Å². The lowest BCUT2D eigenvalue weighted by atomic mass is 9.97. The van der Waals surface area contributed by atoms with Gasteiger partial charge in [-0.15, -0.1) is 0 Å². The topological polar surface area (TPSA) is 12.0 Å². The largest absolute Gasteiger partial charge is 0.316 e. The van der Waals surface area contributed by atoms with Crippen LogP contribution in [0.3, 0.4) is 0 Å². The third-order valence-electron chi connectivity index (χ3n) is 3.01. The van der Waals surface area contributed by atoms with Crippen molar-refractivity contribution in [1.82, 2.24) is 5.32 Å². The number of hydrogen-bond donors (Lipinski definition) is 1. The van der Waals surface area contributed by atoms with E-state index in [0.29, 0.717) is 5.92 Å². The predicted octanol–water partition coefficient (Wildman–Crippen LogP) is 4.70. The van der Waals surface area contributed by atoms with Gasteiger partial charge in [0.25, 0.3) is 0 Å². The summed E-state index contributed by atoms with van der Waals surface area (Å²) >= 11 is 0. The second-order valence-electron chi connectivity index (χ2n) is 5.07. The molecule has 0 aliphatic carbocycles. The summed E-state index contributed by atoms with van der Waals surface area (Å²) in [6, 6.07) is 8.51. The normalized spacial score (nSPS) is 12.6. The fourth-order valence-corrected chi connectivity index (χ4v) is 2.05. The highest BCUT2D eigenvalue weighted by atomic mass is 14.8. The minimum absolute atomic E-state index is 0.505. The van der Waals surface area contributed by atoms with E-state index in [0.717, 1.165) is 12.1 Å². The van der Waals surface area contributed by atoms with Crippen LogP contribution in [0.1, 0.15) is 25.0 Å². The lowest BCUT2D eigenvalue weighted by molar-refractivity contribution is 0.834. The van der Waals surface area contributed by atoms with Gasteiger partial charge in [-0.05, 0) is 41.3 Å². The third kappa shape index (κ3) is 4.67. The molecule has 20 heavy (non-hydrogen) atoms. The van der Waals surface area contributed by atoms with E-state index in [4.69, 9.17) is 0 Å². The van der Waals surface area contributed by atoms with Gasteiger partial charge in [0, 0.05) is 6.54 Å². The molecule has 0 bridgehead atoms. The maximum atomic E-state index is 3.92. The van der Waals surface area contributed by atoms with Gasteiger partial charge in [0.1, 0.15) is 0 Å². The molecular weight excluding hydrogens is 242 g/mol. The van der Waals surface area contributed by atoms with Gasteiger partial charge >= 0.3 is 0 Å². The summed E-state index contributed by atoms with van der Waals surface area (Å²) in [5, 5.41) is 3.13. The molecule has 0 heterocycles. The van der Waals surface area contributed by atoms with E-state index in [-0.39, 0.29) is 0 Å². The first-order valence-corrected chi connectivity index (χ1v) is 7.04. The second-order valence-corrected chi connectivity index (χ2v) is 5.07. The summed E-state index contributed by atoms with van der Waals surface area (Å²) in [4.78, 5) is 0. The Morgan fingerprint density at radius 1 is 1.15 bits per heavy atom. The average molecular weight is 267 g/mol. The van der Waals surface area contributed by atoms with Crippen LogP contribution >= 0.6 is 0 Å². The van der Waals surface area contributed by atoms with E-state index in [9.17, 15) is 0 Å². The molecule has 0 saturated heterocycles. The first-order valence-electron chi connectivity index (χ1n) is 7.04. The monoisotopic (exact) mass is 267 g/mol. The van der Waals surface area contributed by atoms with Gasteiger partial charge in [0.05, 0.1) is 0 Å². The van der Waals surface area contributed by atoms with Crippen molar-refractivity contribution >= 4 is 11.1 Å². The number of nitrogens with one attached hydrogen (secondary N) is 1. The highest BCUT2D eigenvalue weighted by molar-refractivity contribution is 5.79. The molecule has 1 rings (SSSR count). The van der Waals surface area contributed by atoms with E-state index in [1.54, 1.807) is 0 Å². The standard InChI is InChI=1S/C19H25N/c1-6-16(11-12-20-5)18-9-8-10-19(14-18)17(7-2)13-15(3)4/h6-11,13-15,20H,1-2,12H2,3-5H3/b16-11+,17-13+. The summed E-state index contributed by atoms with van der Waals surface area (Å²) in [7, 11) is 1.94. The lowest BCUT2D eigenvalue weighted by Crippen LogP contribution is -2.04. The molecule has 0 aliphatic rings. The zero-order valence-electron chi connectivity index (χ0n) is 12.8. The second kappa shape index (κ2) is 8.34. The van der Waals surface area contributed by atoms with Crippen molar-refractivity contribution in [2.24, 2.45) is 5.92 Å². The highest BCUT2D eigenvalue weighted by Gasteiger charge is 2.02. The van der Waals surface area contributed by atoms with Gasteiger partial charge in [0.2, 0.25) is 0 Å². The molecule has 0 unspecified atom stereocenters. The number of benzene rings is 1. The molecule has 0 aromatic heterocycles. The molecule has 0 fully saturated rings. The Morgan fingerprint density at radius 3 is 2.25 bits per heavy atom. The molecule has 0 saturated carbocycles. The van der Waals surface area contributed by atoms with Crippen LogP contribution in [-0.2, 0) is 0 Å². The predicted molar refractivity (Wildman–Crippen MR) is 91.6 cm³/mol. The molecule has 0 radical (unpaired) electrons. The molecular formula is C19H25N. The summed E-state index contributed by atoms with van der Waals surface area (Å²) in [5.41, 5.74) is 4.71. The first-order chi connectivity index (χ1) is 9.62. The van der Waals surface area contributed by atoms with E-state index in [1.807, 2.05) is 19.2 Å². The van der Waals surface area contributed by atoms with Gasteiger partial charge in [-0.3, -0.25) is 0 Å². The fraction of sp³-hybridized carbons (Fsp3) is 0.263. The zero-order valence-corrected chi connectivity index (χ0v) is 12.8. The van der Waals surface area contributed by atoms with E-state index in [1.165, 1.54) is 16.7 Å². The molecule has 1 nitrogen and oxygen atoms in total. The van der Waals surface area contributed by atoms with E-state index in [2.05, 4.69) is 68.7 Å². The van der Waals surface area contributed by atoms with Crippen LogP contribution in [0.25, 0.3) is 11.1 Å². The summed E-state index contributed by atoms with van der Waals surface area (Å²) in [6.07, 6.45) is 8.20. The van der Waals surface area contributed by atoms with Crippen molar-refractivity contribution in [2.45, 2.75) is 13.8 Å². The maximum absolute atomic E-state index is 3.92. The quantitative estimate of drug-likeness (QED) is 0.706. The Balaban J connectivity index is 3.18. The van der Waals surface area contributed by atoms with Crippen molar-refractivity contribution in [3.8, 4) is 0 Å². The minimum atomic E-state index is 0.505. The Hall–Kier alpha value is -1.86. The molecule has 0 amide bonds. The van der Waals surface area contributed by atoms with Crippen LogP contribution in [0.5, 0.6) is 0 Å². The van der Waals surface area contributed by atoms with E-state index >= 15 is 0 Å². The van der Waals surface area contributed by atoms with Crippen LogP contribution in [0.4, 0.5) is 0 Å². The van der Waals surface area contributed by atoms with Crippen molar-refractivity contribution < 1.29 is 0 Å². The van der Waals surface area contributed by atoms with Gasteiger partial charge in [-0.2, -0.15) is 0 Å². The smallest absolute Gasteiger partial charge is 0.0140 e. The molecule has 1 N–H and O–H groups in total. The fourth-order valence-electron chi connectivity index (χ4n) is 2.05. The number of rotatable bonds is 7. The molecule has 1 heteroatoms.